The van der Waals surface area contributed by atoms with E-state index in [1.54, 1.807) is 11.3 Å². The van der Waals surface area contributed by atoms with Crippen molar-refractivity contribution in [2.45, 2.75) is 64.8 Å². The summed E-state index contributed by atoms with van der Waals surface area (Å²) in [7, 11) is 0. The monoisotopic (exact) mass is 322 g/mol. The molecule has 0 spiro atoms. The Bertz CT molecular complexity index is 769. The van der Waals surface area contributed by atoms with E-state index in [9.17, 15) is 4.79 Å². The summed E-state index contributed by atoms with van der Waals surface area (Å²) in [5.74, 6) is 0. The molecule has 114 valence electrons. The topological polar surface area (TPSA) is 37.8 Å². The number of aromatic nitrogens is 2. The zero-order chi connectivity index (χ0) is 15.0. The van der Waals surface area contributed by atoms with Crippen LogP contribution in [0.3, 0.4) is 0 Å². The molecule has 0 bridgehead atoms. The third-order valence-electron chi connectivity index (χ3n) is 4.50. The van der Waals surface area contributed by atoms with Crippen molar-refractivity contribution in [2.75, 3.05) is 0 Å². The van der Waals surface area contributed by atoms with Gasteiger partial charge in [0.2, 0.25) is 0 Å². The van der Waals surface area contributed by atoms with Crippen molar-refractivity contribution >= 4 is 33.8 Å². The largest absolute Gasteiger partial charge is 0.323 e. The lowest BCUT2D eigenvalue weighted by Gasteiger charge is -2.18. The van der Waals surface area contributed by atoms with Gasteiger partial charge in [-0.2, -0.15) is 0 Å². The molecule has 0 saturated heterocycles. The van der Waals surface area contributed by atoms with E-state index < -0.39 is 0 Å². The highest BCUT2D eigenvalue weighted by Crippen LogP contribution is 2.34. The molecule has 1 aliphatic carbocycles. The molecule has 21 heavy (non-hydrogen) atoms. The van der Waals surface area contributed by atoms with E-state index in [-0.39, 0.29) is 11.6 Å². The van der Waals surface area contributed by atoms with E-state index in [0.29, 0.717) is 4.77 Å². The maximum Gasteiger partial charge on any atom is 0.263 e. The van der Waals surface area contributed by atoms with Crippen LogP contribution < -0.4 is 5.56 Å². The van der Waals surface area contributed by atoms with Crippen molar-refractivity contribution in [3.05, 3.63) is 25.6 Å². The molecule has 2 aromatic heterocycles. The second kappa shape index (κ2) is 6.05. The Morgan fingerprint density at radius 1 is 1.33 bits per heavy atom. The third kappa shape index (κ3) is 2.50. The smallest absolute Gasteiger partial charge is 0.263 e. The maximum atomic E-state index is 13.0. The first kappa shape index (κ1) is 15.0. The Labute approximate surface area is 134 Å². The van der Waals surface area contributed by atoms with Crippen LogP contribution in [0.5, 0.6) is 0 Å². The summed E-state index contributed by atoms with van der Waals surface area (Å²) in [6.07, 6.45) is 7.61. The lowest BCUT2D eigenvalue weighted by molar-refractivity contribution is 0.429. The van der Waals surface area contributed by atoms with Gasteiger partial charge in [-0.3, -0.25) is 9.36 Å². The first-order chi connectivity index (χ1) is 10.2. The molecular formula is C16H22N2OS2. The molecule has 0 amide bonds. The van der Waals surface area contributed by atoms with Crippen LogP contribution >= 0.6 is 23.6 Å². The van der Waals surface area contributed by atoms with E-state index >= 15 is 0 Å². The predicted octanol–water partition coefficient (Wildman–Crippen LogP) is 4.75. The molecule has 5 heteroatoms. The minimum atomic E-state index is 0.133. The highest BCUT2D eigenvalue weighted by molar-refractivity contribution is 7.71. The van der Waals surface area contributed by atoms with Gasteiger partial charge in [-0.1, -0.05) is 20.3 Å². The Balaban J connectivity index is 2.27. The number of fused-ring (bicyclic) bond motifs is 3. The molecule has 0 fully saturated rings. The number of hydrogen-bond acceptors (Lipinski definition) is 3. The quantitative estimate of drug-likeness (QED) is 0.825. The molecule has 1 atom stereocenters. The number of H-pyrrole nitrogens is 1. The number of nitrogens with zero attached hydrogens (tertiary/aromatic N) is 1. The molecule has 2 aromatic rings. The van der Waals surface area contributed by atoms with E-state index in [4.69, 9.17) is 12.2 Å². The summed E-state index contributed by atoms with van der Waals surface area (Å²) in [6, 6.07) is 0.217. The van der Waals surface area contributed by atoms with Crippen molar-refractivity contribution in [1.29, 1.82) is 0 Å². The van der Waals surface area contributed by atoms with Crippen molar-refractivity contribution in [3.8, 4) is 0 Å². The Hall–Kier alpha value is -0.940. The number of rotatable bonds is 4. The van der Waals surface area contributed by atoms with Crippen LogP contribution in [0, 0.1) is 4.77 Å². The lowest BCUT2D eigenvalue weighted by Crippen LogP contribution is -2.26. The normalized spacial score (nSPS) is 16.1. The zero-order valence-electron chi connectivity index (χ0n) is 12.7. The molecule has 3 nitrogen and oxygen atoms in total. The van der Waals surface area contributed by atoms with Crippen LogP contribution in [0.2, 0.25) is 0 Å². The summed E-state index contributed by atoms with van der Waals surface area (Å²) >= 11 is 7.21. The van der Waals surface area contributed by atoms with Gasteiger partial charge < -0.3 is 4.98 Å². The highest BCUT2D eigenvalue weighted by atomic mass is 32.1. The number of hydrogen-bond donors (Lipinski definition) is 1. The molecule has 0 radical (unpaired) electrons. The van der Waals surface area contributed by atoms with E-state index in [0.717, 1.165) is 42.3 Å². The minimum Gasteiger partial charge on any atom is -0.323 e. The molecule has 1 N–H and O–H groups in total. The maximum absolute atomic E-state index is 13.0. The van der Waals surface area contributed by atoms with Crippen LogP contribution in [0.25, 0.3) is 10.2 Å². The number of nitrogens with one attached hydrogen (secondary N) is 1. The van der Waals surface area contributed by atoms with Crippen LogP contribution in [-0.2, 0) is 12.8 Å². The first-order valence-corrected chi connectivity index (χ1v) is 9.18. The van der Waals surface area contributed by atoms with Gasteiger partial charge >= 0.3 is 0 Å². The molecular weight excluding hydrogens is 300 g/mol. The van der Waals surface area contributed by atoms with E-state index in [1.807, 2.05) is 4.57 Å². The summed E-state index contributed by atoms with van der Waals surface area (Å²) in [5, 5.41) is 0.915. The van der Waals surface area contributed by atoms with Crippen LogP contribution in [0.4, 0.5) is 0 Å². The van der Waals surface area contributed by atoms with Gasteiger partial charge in [-0.15, -0.1) is 11.3 Å². The van der Waals surface area contributed by atoms with Gasteiger partial charge in [0.1, 0.15) is 4.83 Å². The second-order valence-electron chi connectivity index (χ2n) is 5.87. The Kier molecular flexibility index (Phi) is 4.31. The molecule has 3 rings (SSSR count). The molecule has 0 saturated carbocycles. The summed E-state index contributed by atoms with van der Waals surface area (Å²) in [6.45, 7) is 4.29. The van der Waals surface area contributed by atoms with Gasteiger partial charge in [0, 0.05) is 10.9 Å². The summed E-state index contributed by atoms with van der Waals surface area (Å²) in [5.41, 5.74) is 1.42. The van der Waals surface area contributed by atoms with Crippen LogP contribution in [0.1, 0.15) is 62.4 Å². The van der Waals surface area contributed by atoms with Gasteiger partial charge in [0.25, 0.3) is 5.56 Å². The molecule has 2 heterocycles. The SMILES string of the molecule is CCCC(CC)n1c(=S)[nH]c2sc3c(c2c1=O)CCCC3. The van der Waals surface area contributed by atoms with Crippen LogP contribution in [-0.4, -0.2) is 9.55 Å². The standard InChI is InChI=1S/C16H22N2OS2/c1-3-7-10(4-2)18-15(19)13-11-8-5-6-9-12(11)21-14(13)17-16(18)20/h10H,3-9H2,1-2H3,(H,17,20). The fraction of sp³-hybridized carbons (Fsp3) is 0.625. The molecule has 0 aliphatic heterocycles. The number of aryl methyl sites for hydroxylation is 2. The van der Waals surface area contributed by atoms with Gasteiger partial charge in [0.15, 0.2) is 4.77 Å². The minimum absolute atomic E-state index is 0.133. The number of aromatic amines is 1. The zero-order valence-corrected chi connectivity index (χ0v) is 14.3. The summed E-state index contributed by atoms with van der Waals surface area (Å²) in [4.78, 5) is 18.7. The highest BCUT2D eigenvalue weighted by Gasteiger charge is 2.22. The fourth-order valence-corrected chi connectivity index (χ4v) is 5.11. The van der Waals surface area contributed by atoms with Gasteiger partial charge in [-0.25, -0.2) is 0 Å². The molecule has 1 unspecified atom stereocenters. The lowest BCUT2D eigenvalue weighted by atomic mass is 9.97. The first-order valence-electron chi connectivity index (χ1n) is 7.96. The van der Waals surface area contributed by atoms with Crippen LogP contribution in [0.15, 0.2) is 4.79 Å². The average molecular weight is 322 g/mol. The number of thiophene rings is 1. The van der Waals surface area contributed by atoms with E-state index in [1.165, 1.54) is 23.3 Å². The van der Waals surface area contributed by atoms with Crippen molar-refractivity contribution in [3.63, 3.8) is 0 Å². The average Bonchev–Trinajstić information content (AvgIpc) is 2.84. The van der Waals surface area contributed by atoms with Crippen molar-refractivity contribution < 1.29 is 0 Å². The Morgan fingerprint density at radius 3 is 2.81 bits per heavy atom. The molecule has 1 aliphatic rings. The summed E-state index contributed by atoms with van der Waals surface area (Å²) < 4.78 is 2.43. The second-order valence-corrected chi connectivity index (χ2v) is 7.36. The van der Waals surface area contributed by atoms with Gasteiger partial charge in [0.05, 0.1) is 5.39 Å². The van der Waals surface area contributed by atoms with Crippen molar-refractivity contribution in [2.24, 2.45) is 0 Å². The third-order valence-corrected chi connectivity index (χ3v) is 6.01. The van der Waals surface area contributed by atoms with Gasteiger partial charge in [-0.05, 0) is 56.3 Å². The fourth-order valence-electron chi connectivity index (χ4n) is 3.43. The predicted molar refractivity (Wildman–Crippen MR) is 92.1 cm³/mol. The van der Waals surface area contributed by atoms with E-state index in [2.05, 4.69) is 18.8 Å². The molecule has 0 aromatic carbocycles. The Morgan fingerprint density at radius 2 is 2.10 bits per heavy atom. The van der Waals surface area contributed by atoms with Crippen molar-refractivity contribution in [1.82, 2.24) is 9.55 Å².